The Morgan fingerprint density at radius 2 is 0.896 bits per heavy atom. The molecule has 3 heterocycles. The Morgan fingerprint density at radius 3 is 1.33 bits per heavy atom. The van der Waals surface area contributed by atoms with E-state index < -0.39 is 115 Å². The van der Waals surface area contributed by atoms with Gasteiger partial charge in [0, 0.05) is 0 Å². The minimum absolute atomic E-state index is 0. The van der Waals surface area contributed by atoms with E-state index in [0.29, 0.717) is 0 Å². The summed E-state index contributed by atoms with van der Waals surface area (Å²) in [6, 6.07) is 0. The normalized spacial score (nSPS) is 32.7. The van der Waals surface area contributed by atoms with E-state index in [1.807, 2.05) is 0 Å². The number of rotatable bonds is 36. The van der Waals surface area contributed by atoms with Gasteiger partial charge in [0.15, 0.2) is 18.9 Å². The van der Waals surface area contributed by atoms with E-state index in [1.54, 1.807) is 0 Å². The molecule has 0 spiro atoms. The molecular formula is C48H91NaO17S. The van der Waals surface area contributed by atoms with Crippen molar-refractivity contribution >= 4 is 10.1 Å². The fourth-order valence-electron chi connectivity index (χ4n) is 9.53. The number of hydrogen-bond donors (Lipinski definition) is 8. The minimum atomic E-state index is -5.40. The van der Waals surface area contributed by atoms with Crippen molar-refractivity contribution in [2.24, 2.45) is 5.92 Å². The van der Waals surface area contributed by atoms with Gasteiger partial charge in [-0.15, -0.1) is 0 Å². The van der Waals surface area contributed by atoms with Crippen molar-refractivity contribution in [2.75, 3.05) is 19.8 Å². The maximum atomic E-state index is 12.2. The van der Waals surface area contributed by atoms with Crippen LogP contribution in [0.4, 0.5) is 0 Å². The van der Waals surface area contributed by atoms with Gasteiger partial charge in [-0.25, -0.2) is 8.42 Å². The maximum absolute atomic E-state index is 12.2. The first kappa shape index (κ1) is 63.5. The molecule has 67 heavy (non-hydrogen) atoms. The second kappa shape index (κ2) is 35.5. The van der Waals surface area contributed by atoms with Crippen LogP contribution in [0.5, 0.6) is 0 Å². The molecule has 0 unspecified atom stereocenters. The predicted octanol–water partition coefficient (Wildman–Crippen LogP) is 1.83. The molecule has 19 heteroatoms. The molecule has 3 aliphatic heterocycles. The topological polar surface area (TPSA) is 274 Å². The Hall–Kier alpha value is 0.350. The van der Waals surface area contributed by atoms with Gasteiger partial charge >= 0.3 is 29.6 Å². The van der Waals surface area contributed by atoms with Crippen LogP contribution in [0.25, 0.3) is 0 Å². The number of aliphatic hydroxyl groups excluding tert-OH is 8. The Balaban J connectivity index is 0.0000154. The number of aliphatic hydroxyl groups is 8. The molecule has 3 fully saturated rings. The molecule has 3 aliphatic rings. The molecule has 0 aromatic heterocycles. The van der Waals surface area contributed by atoms with Crippen molar-refractivity contribution in [2.45, 2.75) is 279 Å². The quantitative estimate of drug-likeness (QED) is 0.0253. The van der Waals surface area contributed by atoms with Crippen molar-refractivity contribution in [1.82, 2.24) is 0 Å². The molecule has 8 N–H and O–H groups in total. The van der Waals surface area contributed by atoms with Crippen LogP contribution in [-0.4, -0.2) is 165 Å². The van der Waals surface area contributed by atoms with Crippen LogP contribution in [-0.2, 0) is 38.5 Å². The van der Waals surface area contributed by atoms with Crippen molar-refractivity contribution in [3.8, 4) is 0 Å². The van der Waals surface area contributed by atoms with Crippen LogP contribution in [0.1, 0.15) is 188 Å². The average Bonchev–Trinajstić information content (AvgIpc) is 3.28. The van der Waals surface area contributed by atoms with Gasteiger partial charge in [-0.1, -0.05) is 168 Å². The van der Waals surface area contributed by atoms with Crippen molar-refractivity contribution < 1.29 is 112 Å². The fourth-order valence-corrected chi connectivity index (χ4v) is 10.5. The molecule has 0 aromatic carbocycles. The first-order chi connectivity index (χ1) is 31.7. The van der Waals surface area contributed by atoms with E-state index in [0.717, 1.165) is 51.4 Å². The molecule has 392 valence electrons. The van der Waals surface area contributed by atoms with E-state index in [-0.39, 0.29) is 42.1 Å². The number of unbranched alkanes of at least 4 members (excludes halogenated alkanes) is 22. The first-order valence-electron chi connectivity index (χ1n) is 25.8. The summed E-state index contributed by atoms with van der Waals surface area (Å²) in [5.74, 6) is 0.118. The fraction of sp³-hybridized carbons (Fsp3) is 1.00. The summed E-state index contributed by atoms with van der Waals surface area (Å²) >= 11 is 0. The second-order valence-electron chi connectivity index (χ2n) is 19.3. The summed E-state index contributed by atoms with van der Waals surface area (Å²) < 4.78 is 72.0. The van der Waals surface area contributed by atoms with Gasteiger partial charge in [0.25, 0.3) is 0 Å². The molecule has 0 saturated carbocycles. The second-order valence-corrected chi connectivity index (χ2v) is 20.8. The standard InChI is InChI=1S/C48H92O17S.Na/c1-4-6-8-10-12-14-16-18-20-22-24-26-28-34(29-27-25-23-21-19-17-15-13-11-9-7-5-2)32-60-46-41(55)44(65-47-40(54)39(53)37(51)33(3)61-47)43(36(31-50)63-46)64-48-42(56)45(66(57,58)59)38(52)35(30-49)62-48;/h33-56H,4-32H2,1-3H3,(H,57,58,59);/q;+1/p-1/t33-,35-,36-,37+,38-,39-,40-,41-,42-,43+,44+,45-,46+,47+,48-;/m0./s1. The predicted molar refractivity (Wildman–Crippen MR) is 246 cm³/mol. The molecule has 17 nitrogen and oxygen atoms in total. The third-order valence-corrected chi connectivity index (χ3v) is 15.0. The molecular weight excluding hydrogens is 904 g/mol. The summed E-state index contributed by atoms with van der Waals surface area (Å²) in [4.78, 5) is 0. The van der Waals surface area contributed by atoms with Crippen LogP contribution in [0.15, 0.2) is 0 Å². The summed E-state index contributed by atoms with van der Waals surface area (Å²) in [7, 11) is -5.40. The summed E-state index contributed by atoms with van der Waals surface area (Å²) in [5, 5.41) is 83.3. The van der Waals surface area contributed by atoms with Gasteiger partial charge in [-0.2, -0.15) is 0 Å². The Labute approximate surface area is 424 Å². The molecule has 15 atom stereocenters. The van der Waals surface area contributed by atoms with E-state index in [2.05, 4.69) is 13.8 Å². The van der Waals surface area contributed by atoms with Crippen LogP contribution in [0.3, 0.4) is 0 Å². The zero-order chi connectivity index (χ0) is 48.5. The van der Waals surface area contributed by atoms with E-state index >= 15 is 0 Å². The molecule has 0 aromatic rings. The van der Waals surface area contributed by atoms with E-state index in [9.17, 15) is 53.8 Å². The third-order valence-electron chi connectivity index (χ3n) is 13.8. The zero-order valence-electron chi connectivity index (χ0n) is 41.4. The van der Waals surface area contributed by atoms with Crippen molar-refractivity contribution in [1.29, 1.82) is 0 Å². The molecule has 0 aliphatic carbocycles. The Morgan fingerprint density at radius 1 is 0.493 bits per heavy atom. The smallest absolute Gasteiger partial charge is 0.748 e. The molecule has 0 bridgehead atoms. The zero-order valence-corrected chi connectivity index (χ0v) is 44.2. The Bertz CT molecular complexity index is 1310. The van der Waals surface area contributed by atoms with Crippen LogP contribution < -0.4 is 29.6 Å². The van der Waals surface area contributed by atoms with Crippen molar-refractivity contribution in [3.63, 3.8) is 0 Å². The van der Waals surface area contributed by atoms with E-state index in [1.165, 1.54) is 122 Å². The molecule has 3 saturated heterocycles. The SMILES string of the molecule is CCCCCCCCCCCCCCC(CCCCCCCCCCCCCC)CO[C@@H]1O[C@@H](CO)[C@@H](O[C@@H]2O[C@@H](CO)[C@H](O)[C@H](S(=O)(=O)[O-])[C@@H]2O)[C@H](O[C@H]2O[C@@H](C)[C@@H](O)[C@H](O)[C@@H]2O)[C@@H]1O.[Na+]. The minimum Gasteiger partial charge on any atom is -0.748 e. The number of ether oxygens (including phenoxy) is 6. The average molecular weight is 995 g/mol. The van der Waals surface area contributed by atoms with Crippen molar-refractivity contribution in [3.05, 3.63) is 0 Å². The van der Waals surface area contributed by atoms with Gasteiger partial charge in [-0.3, -0.25) is 0 Å². The van der Waals surface area contributed by atoms with Crippen LogP contribution >= 0.6 is 0 Å². The molecule has 3 rings (SSSR count). The maximum Gasteiger partial charge on any atom is 1.00 e. The number of hydrogen-bond acceptors (Lipinski definition) is 17. The van der Waals surface area contributed by atoms with Crippen LogP contribution in [0, 0.1) is 5.92 Å². The van der Waals surface area contributed by atoms with Crippen LogP contribution in [0.2, 0.25) is 0 Å². The van der Waals surface area contributed by atoms with Gasteiger partial charge in [0.05, 0.1) is 25.9 Å². The van der Waals surface area contributed by atoms with Gasteiger partial charge in [0.1, 0.15) is 76.4 Å². The summed E-state index contributed by atoms with van der Waals surface area (Å²) in [6.45, 7) is 4.32. The summed E-state index contributed by atoms with van der Waals surface area (Å²) in [5.41, 5.74) is 0. The first-order valence-corrected chi connectivity index (χ1v) is 27.3. The molecule has 0 radical (unpaired) electrons. The monoisotopic (exact) mass is 995 g/mol. The summed E-state index contributed by atoms with van der Waals surface area (Å²) in [6.07, 6.45) is 7.47. The van der Waals surface area contributed by atoms with Gasteiger partial charge < -0.3 is 73.8 Å². The van der Waals surface area contributed by atoms with Gasteiger partial charge in [-0.05, 0) is 25.7 Å². The third kappa shape index (κ3) is 22.2. The van der Waals surface area contributed by atoms with Gasteiger partial charge in [0.2, 0.25) is 0 Å². The largest absolute Gasteiger partial charge is 1.00 e. The molecule has 0 amide bonds. The van der Waals surface area contributed by atoms with E-state index in [4.69, 9.17) is 28.4 Å². The Kier molecular flexibility index (Phi) is 33.6.